The molecule has 0 aromatic heterocycles. The first-order valence-electron chi connectivity index (χ1n) is 7.88. The summed E-state index contributed by atoms with van der Waals surface area (Å²) in [7, 11) is 0. The average Bonchev–Trinajstić information content (AvgIpc) is 3.23. The molecular weight excluding hydrogens is 290 g/mol. The van der Waals surface area contributed by atoms with Gasteiger partial charge in [0.25, 0.3) is 0 Å². The van der Waals surface area contributed by atoms with Gasteiger partial charge in [-0.3, -0.25) is 4.79 Å². The Balaban J connectivity index is 1.62. The van der Waals surface area contributed by atoms with E-state index in [2.05, 4.69) is 18.3 Å². The number of hydrogen-bond donors (Lipinski definition) is 1. The molecule has 0 unspecified atom stereocenters. The molecule has 0 atom stereocenters. The van der Waals surface area contributed by atoms with Gasteiger partial charge in [0.2, 0.25) is 12.7 Å². The van der Waals surface area contributed by atoms with Crippen LogP contribution < -0.4 is 14.8 Å². The molecule has 1 heterocycles. The van der Waals surface area contributed by atoms with E-state index in [1.807, 2.05) is 37.3 Å². The smallest absolute Gasteiger partial charge is 0.235 e. The number of fused-ring (bicyclic) bond motifs is 1. The highest BCUT2D eigenvalue weighted by Gasteiger charge is 2.51. The molecule has 2 aromatic carbocycles. The molecule has 0 saturated heterocycles. The number of nitrogens with one attached hydrogen (secondary N) is 1. The Morgan fingerprint density at radius 1 is 1.09 bits per heavy atom. The van der Waals surface area contributed by atoms with E-state index in [1.165, 1.54) is 5.56 Å². The van der Waals surface area contributed by atoms with Crippen molar-refractivity contribution in [3.63, 3.8) is 0 Å². The lowest BCUT2D eigenvalue weighted by Gasteiger charge is -2.18. The summed E-state index contributed by atoms with van der Waals surface area (Å²) in [5.74, 6) is 1.54. The van der Waals surface area contributed by atoms with Crippen LogP contribution >= 0.6 is 0 Å². The second-order valence-corrected chi connectivity index (χ2v) is 6.35. The lowest BCUT2D eigenvalue weighted by molar-refractivity contribution is -0.118. The van der Waals surface area contributed by atoms with Crippen molar-refractivity contribution in [2.24, 2.45) is 0 Å². The van der Waals surface area contributed by atoms with Crippen LogP contribution in [0.3, 0.4) is 0 Å². The fourth-order valence-corrected chi connectivity index (χ4v) is 3.09. The Morgan fingerprint density at radius 2 is 1.87 bits per heavy atom. The number of carbonyl (C=O) groups excluding carboxylic acids is 1. The SMILES string of the molecule is Cc1cccc(NC(=O)C2(c3ccc4c(c3)OCO4)CC2)c1C. The normalized spacial score (nSPS) is 17.0. The van der Waals surface area contributed by atoms with Crippen molar-refractivity contribution in [3.05, 3.63) is 53.1 Å². The largest absolute Gasteiger partial charge is 0.454 e. The molecule has 1 fully saturated rings. The van der Waals surface area contributed by atoms with Gasteiger partial charge < -0.3 is 14.8 Å². The first kappa shape index (κ1) is 14.1. The average molecular weight is 309 g/mol. The molecule has 0 radical (unpaired) electrons. The van der Waals surface area contributed by atoms with Crippen molar-refractivity contribution >= 4 is 11.6 Å². The minimum Gasteiger partial charge on any atom is -0.454 e. The van der Waals surface area contributed by atoms with Gasteiger partial charge in [-0.15, -0.1) is 0 Å². The summed E-state index contributed by atoms with van der Waals surface area (Å²) in [4.78, 5) is 12.9. The molecule has 1 amide bonds. The maximum Gasteiger partial charge on any atom is 0.235 e. The van der Waals surface area contributed by atoms with Crippen molar-refractivity contribution in [1.29, 1.82) is 0 Å². The molecule has 0 bridgehead atoms. The topological polar surface area (TPSA) is 47.6 Å². The van der Waals surface area contributed by atoms with Crippen molar-refractivity contribution in [3.8, 4) is 11.5 Å². The number of anilines is 1. The molecule has 118 valence electrons. The lowest BCUT2D eigenvalue weighted by Crippen LogP contribution is -2.28. The van der Waals surface area contributed by atoms with Crippen molar-refractivity contribution in [1.82, 2.24) is 0 Å². The van der Waals surface area contributed by atoms with Crippen LogP contribution in [0.4, 0.5) is 5.69 Å². The Bertz CT molecular complexity index is 793. The summed E-state index contributed by atoms with van der Waals surface area (Å²) in [6.45, 7) is 4.33. The third-order valence-electron chi connectivity index (χ3n) is 4.96. The molecule has 4 nitrogen and oxygen atoms in total. The molecule has 4 rings (SSSR count). The highest BCUT2D eigenvalue weighted by molar-refractivity contribution is 6.02. The summed E-state index contributed by atoms with van der Waals surface area (Å²) in [6.07, 6.45) is 1.73. The second kappa shape index (κ2) is 5.01. The molecule has 1 aliphatic carbocycles. The number of ether oxygens (including phenoxy) is 2. The van der Waals surface area contributed by atoms with Gasteiger partial charge in [-0.05, 0) is 61.6 Å². The van der Waals surface area contributed by atoms with E-state index in [4.69, 9.17) is 9.47 Å². The predicted octanol–water partition coefficient (Wildman–Crippen LogP) is 3.70. The molecule has 1 aliphatic heterocycles. The maximum atomic E-state index is 12.9. The summed E-state index contributed by atoms with van der Waals surface area (Å²) in [6, 6.07) is 11.8. The van der Waals surface area contributed by atoms with Crippen molar-refractivity contribution in [2.45, 2.75) is 32.1 Å². The van der Waals surface area contributed by atoms with Gasteiger partial charge in [-0.25, -0.2) is 0 Å². The first-order chi connectivity index (χ1) is 11.1. The van der Waals surface area contributed by atoms with E-state index in [1.54, 1.807) is 0 Å². The van der Waals surface area contributed by atoms with E-state index in [9.17, 15) is 4.79 Å². The van der Waals surface area contributed by atoms with Crippen LogP contribution in [0.15, 0.2) is 36.4 Å². The third kappa shape index (κ3) is 2.25. The number of amides is 1. The Morgan fingerprint density at radius 3 is 2.65 bits per heavy atom. The van der Waals surface area contributed by atoms with Crippen molar-refractivity contribution < 1.29 is 14.3 Å². The summed E-state index contributed by atoms with van der Waals surface area (Å²) < 4.78 is 10.8. The fraction of sp³-hybridized carbons (Fsp3) is 0.316. The van der Waals surface area contributed by atoms with Gasteiger partial charge in [0.1, 0.15) is 0 Å². The Hall–Kier alpha value is -2.49. The second-order valence-electron chi connectivity index (χ2n) is 6.35. The minimum atomic E-state index is -0.433. The van der Waals surface area contributed by atoms with Crippen LogP contribution in [0, 0.1) is 13.8 Å². The number of benzene rings is 2. The zero-order valence-electron chi connectivity index (χ0n) is 13.3. The molecule has 2 aliphatic rings. The first-order valence-corrected chi connectivity index (χ1v) is 7.88. The Labute approximate surface area is 135 Å². The summed E-state index contributed by atoms with van der Waals surface area (Å²) >= 11 is 0. The highest BCUT2D eigenvalue weighted by atomic mass is 16.7. The molecular formula is C19H19NO3. The van der Waals surface area contributed by atoms with Gasteiger partial charge in [0.15, 0.2) is 11.5 Å². The maximum absolute atomic E-state index is 12.9. The lowest BCUT2D eigenvalue weighted by atomic mass is 9.94. The van der Waals surface area contributed by atoms with Gasteiger partial charge in [0.05, 0.1) is 5.41 Å². The number of hydrogen-bond acceptors (Lipinski definition) is 3. The molecule has 23 heavy (non-hydrogen) atoms. The number of aryl methyl sites for hydroxylation is 1. The van der Waals surface area contributed by atoms with Gasteiger partial charge in [-0.1, -0.05) is 18.2 Å². The van der Waals surface area contributed by atoms with E-state index in [0.717, 1.165) is 41.2 Å². The summed E-state index contributed by atoms with van der Waals surface area (Å²) in [5.41, 5.74) is 3.75. The highest BCUT2D eigenvalue weighted by Crippen LogP contribution is 2.51. The van der Waals surface area contributed by atoms with Crippen LogP contribution in [0.2, 0.25) is 0 Å². The van der Waals surface area contributed by atoms with Gasteiger partial charge >= 0.3 is 0 Å². The van der Waals surface area contributed by atoms with E-state index in [0.29, 0.717) is 0 Å². The quantitative estimate of drug-likeness (QED) is 0.940. The predicted molar refractivity (Wildman–Crippen MR) is 88.0 cm³/mol. The zero-order valence-corrected chi connectivity index (χ0v) is 13.3. The monoisotopic (exact) mass is 309 g/mol. The molecule has 1 N–H and O–H groups in total. The minimum absolute atomic E-state index is 0.0602. The Kier molecular flexibility index (Phi) is 3.08. The van der Waals surface area contributed by atoms with E-state index < -0.39 is 5.41 Å². The van der Waals surface area contributed by atoms with Crippen molar-refractivity contribution in [2.75, 3.05) is 12.1 Å². The molecule has 1 saturated carbocycles. The fourth-order valence-electron chi connectivity index (χ4n) is 3.09. The van der Waals surface area contributed by atoms with Crippen LogP contribution in [0.1, 0.15) is 29.5 Å². The number of rotatable bonds is 3. The van der Waals surface area contributed by atoms with Gasteiger partial charge in [0, 0.05) is 5.69 Å². The molecule has 4 heteroatoms. The van der Waals surface area contributed by atoms with Crippen LogP contribution in [0.25, 0.3) is 0 Å². The van der Waals surface area contributed by atoms with Gasteiger partial charge in [-0.2, -0.15) is 0 Å². The third-order valence-corrected chi connectivity index (χ3v) is 4.96. The van der Waals surface area contributed by atoms with Crippen LogP contribution in [-0.2, 0) is 10.2 Å². The van der Waals surface area contributed by atoms with E-state index in [-0.39, 0.29) is 12.7 Å². The van der Waals surface area contributed by atoms with Crippen LogP contribution in [0.5, 0.6) is 11.5 Å². The number of carbonyl (C=O) groups is 1. The zero-order chi connectivity index (χ0) is 16.0. The summed E-state index contributed by atoms with van der Waals surface area (Å²) in [5, 5.41) is 3.11. The van der Waals surface area contributed by atoms with E-state index >= 15 is 0 Å². The molecule has 0 spiro atoms. The van der Waals surface area contributed by atoms with Crippen LogP contribution in [-0.4, -0.2) is 12.7 Å². The standard InChI is InChI=1S/C19H19NO3/c1-12-4-3-5-15(13(12)2)20-18(21)19(8-9-19)14-6-7-16-17(10-14)23-11-22-16/h3-7,10H,8-9,11H2,1-2H3,(H,20,21). The molecule has 2 aromatic rings.